The number of rotatable bonds is 3. The van der Waals surface area contributed by atoms with Crippen LogP contribution in [0.5, 0.6) is 0 Å². The average molecular weight is 361 g/mol. The van der Waals surface area contributed by atoms with Gasteiger partial charge < -0.3 is 4.42 Å². The summed E-state index contributed by atoms with van der Waals surface area (Å²) in [4.78, 5) is 0.648. The van der Waals surface area contributed by atoms with Gasteiger partial charge in [-0.1, -0.05) is 18.2 Å². The lowest BCUT2D eigenvalue weighted by atomic mass is 10.1. The van der Waals surface area contributed by atoms with Crippen molar-refractivity contribution in [1.29, 1.82) is 0 Å². The summed E-state index contributed by atoms with van der Waals surface area (Å²) in [6, 6.07) is 10.8. The van der Waals surface area contributed by atoms with Crippen molar-refractivity contribution in [3.05, 3.63) is 47.9 Å². The Morgan fingerprint density at radius 3 is 2.75 bits per heavy atom. The van der Waals surface area contributed by atoms with E-state index in [1.165, 1.54) is 4.31 Å². The van der Waals surface area contributed by atoms with Crippen LogP contribution in [0, 0.1) is 6.92 Å². The second-order valence-electron chi connectivity index (χ2n) is 5.73. The summed E-state index contributed by atoms with van der Waals surface area (Å²) in [5, 5.41) is 7.73. The van der Waals surface area contributed by atoms with Gasteiger partial charge in [0, 0.05) is 13.0 Å². The molecule has 0 aliphatic carbocycles. The molecule has 0 fully saturated rings. The molecule has 0 N–H and O–H groups in total. The van der Waals surface area contributed by atoms with E-state index < -0.39 is 10.0 Å². The molecule has 0 spiro atoms. The topological polar surface area (TPSA) is 76.3 Å². The van der Waals surface area contributed by atoms with Crippen molar-refractivity contribution in [2.75, 3.05) is 4.31 Å². The molecule has 24 heavy (non-hydrogen) atoms. The summed E-state index contributed by atoms with van der Waals surface area (Å²) in [6.07, 6.45) is 0.719. The molecule has 0 saturated heterocycles. The lowest BCUT2D eigenvalue weighted by Crippen LogP contribution is -2.35. The van der Waals surface area contributed by atoms with Gasteiger partial charge in [-0.2, -0.15) is 0 Å². The van der Waals surface area contributed by atoms with E-state index in [1.54, 1.807) is 19.1 Å². The van der Waals surface area contributed by atoms with Gasteiger partial charge >= 0.3 is 0 Å². The predicted octanol–water partition coefficient (Wildman–Crippen LogP) is 3.25. The van der Waals surface area contributed by atoms with Crippen LogP contribution in [0.4, 0.5) is 5.69 Å². The zero-order valence-corrected chi connectivity index (χ0v) is 14.8. The van der Waals surface area contributed by atoms with Crippen LogP contribution >= 0.6 is 11.3 Å². The van der Waals surface area contributed by atoms with Crippen LogP contribution in [0.15, 0.2) is 45.0 Å². The second kappa shape index (κ2) is 5.42. The first-order chi connectivity index (χ1) is 11.5. The van der Waals surface area contributed by atoms with Gasteiger partial charge in [0.1, 0.15) is 4.21 Å². The zero-order valence-electron chi connectivity index (χ0n) is 13.1. The van der Waals surface area contributed by atoms with E-state index in [-0.39, 0.29) is 10.3 Å². The number of nitrogens with zero attached hydrogens (tertiary/aromatic N) is 3. The van der Waals surface area contributed by atoms with Gasteiger partial charge in [0.05, 0.1) is 10.6 Å². The Bertz CT molecular complexity index is 1010. The van der Waals surface area contributed by atoms with Crippen LogP contribution in [0.25, 0.3) is 10.8 Å². The van der Waals surface area contributed by atoms with E-state index in [0.29, 0.717) is 16.7 Å². The monoisotopic (exact) mass is 361 g/mol. The summed E-state index contributed by atoms with van der Waals surface area (Å²) in [6.45, 7) is 3.62. The minimum atomic E-state index is -3.62. The second-order valence-corrected chi connectivity index (χ2v) is 8.85. The molecule has 0 radical (unpaired) electrons. The van der Waals surface area contributed by atoms with E-state index in [4.69, 9.17) is 4.42 Å². The van der Waals surface area contributed by atoms with Crippen molar-refractivity contribution < 1.29 is 12.8 Å². The van der Waals surface area contributed by atoms with Crippen LogP contribution < -0.4 is 4.31 Å². The number of fused-ring (bicyclic) bond motifs is 1. The summed E-state index contributed by atoms with van der Waals surface area (Å²) >= 11 is 1.14. The lowest BCUT2D eigenvalue weighted by molar-refractivity contribution is 0.534. The number of hydrogen-bond acceptors (Lipinski definition) is 6. The Balaban J connectivity index is 1.75. The maximum absolute atomic E-state index is 13.1. The molecule has 3 aromatic rings. The maximum atomic E-state index is 13.1. The molecule has 2 aromatic heterocycles. The van der Waals surface area contributed by atoms with Gasteiger partial charge in [-0.3, -0.25) is 4.31 Å². The van der Waals surface area contributed by atoms with Crippen molar-refractivity contribution in [1.82, 2.24) is 10.2 Å². The smallest absolute Gasteiger partial charge is 0.274 e. The molecular weight excluding hydrogens is 346 g/mol. The Morgan fingerprint density at radius 1 is 1.21 bits per heavy atom. The van der Waals surface area contributed by atoms with Gasteiger partial charge in [-0.15, -0.1) is 21.5 Å². The maximum Gasteiger partial charge on any atom is 0.274 e. The Labute approximate surface area is 143 Å². The van der Waals surface area contributed by atoms with Crippen molar-refractivity contribution in [2.45, 2.75) is 30.5 Å². The minimum absolute atomic E-state index is 0.108. The molecule has 0 amide bonds. The number of aryl methyl sites for hydroxylation is 1. The molecule has 1 atom stereocenters. The molecule has 8 heteroatoms. The molecule has 1 aliphatic rings. The Kier molecular flexibility index (Phi) is 3.47. The Hall–Kier alpha value is -2.19. The molecule has 1 aliphatic heterocycles. The third-order valence-corrected chi connectivity index (χ3v) is 7.44. The highest BCUT2D eigenvalue weighted by Gasteiger charge is 2.36. The number of anilines is 1. The standard InChI is InChI=1S/C16H15N3O3S2/c1-10-9-12-5-3-4-6-13(12)19(10)24(20,21)15-8-7-14(23-15)16-18-17-11(2)22-16/h3-8,10H,9H2,1-2H3. The zero-order chi connectivity index (χ0) is 16.9. The van der Waals surface area contributed by atoms with E-state index in [2.05, 4.69) is 10.2 Å². The first-order valence-corrected chi connectivity index (χ1v) is 9.75. The Morgan fingerprint density at radius 2 is 2.00 bits per heavy atom. The van der Waals surface area contributed by atoms with Crippen molar-refractivity contribution in [3.8, 4) is 10.8 Å². The normalized spacial score (nSPS) is 17.2. The van der Waals surface area contributed by atoms with Gasteiger partial charge in [0.2, 0.25) is 5.89 Å². The minimum Gasteiger partial charge on any atom is -0.420 e. The van der Waals surface area contributed by atoms with Gasteiger partial charge in [0.25, 0.3) is 15.9 Å². The van der Waals surface area contributed by atoms with E-state index >= 15 is 0 Å². The quantitative estimate of drug-likeness (QED) is 0.716. The van der Waals surface area contributed by atoms with E-state index in [9.17, 15) is 8.42 Å². The molecule has 0 saturated carbocycles. The highest BCUT2D eigenvalue weighted by Crippen LogP contribution is 2.39. The molecule has 6 nitrogen and oxygen atoms in total. The predicted molar refractivity (Wildman–Crippen MR) is 91.6 cm³/mol. The van der Waals surface area contributed by atoms with Crippen LogP contribution in [0.2, 0.25) is 0 Å². The molecule has 3 heterocycles. The average Bonchev–Trinajstić information content (AvgIpc) is 3.23. The van der Waals surface area contributed by atoms with Crippen molar-refractivity contribution in [3.63, 3.8) is 0 Å². The van der Waals surface area contributed by atoms with Crippen LogP contribution in [0.1, 0.15) is 18.4 Å². The molecule has 1 unspecified atom stereocenters. The number of thiophene rings is 1. The fourth-order valence-corrected chi connectivity index (χ4v) is 5.98. The molecule has 124 valence electrons. The number of hydrogen-bond donors (Lipinski definition) is 0. The molecule has 4 rings (SSSR count). The summed E-state index contributed by atoms with van der Waals surface area (Å²) in [5.74, 6) is 0.790. The third-order valence-electron chi connectivity index (χ3n) is 3.98. The molecular formula is C16H15N3O3S2. The van der Waals surface area contributed by atoms with Crippen molar-refractivity contribution >= 4 is 27.0 Å². The first kappa shape index (κ1) is 15.3. The summed E-state index contributed by atoms with van der Waals surface area (Å²) in [5.41, 5.74) is 1.81. The highest BCUT2D eigenvalue weighted by molar-refractivity contribution is 7.94. The number of sulfonamides is 1. The number of para-hydroxylation sites is 1. The third kappa shape index (κ3) is 2.33. The summed E-state index contributed by atoms with van der Waals surface area (Å²) < 4.78 is 33.4. The largest absolute Gasteiger partial charge is 0.420 e. The number of benzene rings is 1. The fraction of sp³-hybridized carbons (Fsp3) is 0.250. The van der Waals surface area contributed by atoms with Gasteiger partial charge in [-0.05, 0) is 37.1 Å². The van der Waals surface area contributed by atoms with Crippen LogP contribution in [0.3, 0.4) is 0 Å². The molecule has 1 aromatic carbocycles. The number of aromatic nitrogens is 2. The fourth-order valence-electron chi connectivity index (χ4n) is 2.97. The highest BCUT2D eigenvalue weighted by atomic mass is 32.2. The van der Waals surface area contributed by atoms with E-state index in [0.717, 1.165) is 29.0 Å². The van der Waals surface area contributed by atoms with Gasteiger partial charge in [-0.25, -0.2) is 8.42 Å². The molecule has 0 bridgehead atoms. The van der Waals surface area contributed by atoms with Crippen LogP contribution in [-0.4, -0.2) is 24.7 Å². The van der Waals surface area contributed by atoms with Crippen molar-refractivity contribution in [2.24, 2.45) is 0 Å². The lowest BCUT2D eigenvalue weighted by Gasteiger charge is -2.23. The van der Waals surface area contributed by atoms with Crippen LogP contribution in [-0.2, 0) is 16.4 Å². The summed E-state index contributed by atoms with van der Waals surface area (Å²) in [7, 11) is -3.62. The first-order valence-electron chi connectivity index (χ1n) is 7.49. The SMILES string of the molecule is Cc1nnc(-c2ccc(S(=O)(=O)N3c4ccccc4CC3C)s2)o1. The van der Waals surface area contributed by atoms with Gasteiger partial charge in [0.15, 0.2) is 0 Å². The van der Waals surface area contributed by atoms with E-state index in [1.807, 2.05) is 31.2 Å².